The highest BCUT2D eigenvalue weighted by Gasteiger charge is 2.29. The van der Waals surface area contributed by atoms with E-state index in [1.54, 1.807) is 26.4 Å². The van der Waals surface area contributed by atoms with Crippen LogP contribution in [-0.4, -0.2) is 57.0 Å². The molecule has 10 nitrogen and oxygen atoms in total. The fourth-order valence-corrected chi connectivity index (χ4v) is 4.03. The number of ether oxygens (including phenoxy) is 4. The minimum Gasteiger partial charge on any atom is -0.493 e. The summed E-state index contributed by atoms with van der Waals surface area (Å²) in [6.07, 6.45) is 0.655. The molecule has 184 valence electrons. The van der Waals surface area contributed by atoms with Gasteiger partial charge in [-0.1, -0.05) is 11.2 Å². The average Bonchev–Trinajstić information content (AvgIpc) is 3.39. The molecule has 4 rings (SSSR count). The van der Waals surface area contributed by atoms with Crippen LogP contribution in [0.2, 0.25) is 0 Å². The lowest BCUT2D eigenvalue weighted by atomic mass is 10.1. The lowest BCUT2D eigenvalue weighted by molar-refractivity contribution is 0.0470. The molecular weight excluding hydrogens is 455 g/mol. The molecule has 0 bridgehead atoms. The van der Waals surface area contributed by atoms with E-state index in [9.17, 15) is 4.39 Å². The van der Waals surface area contributed by atoms with E-state index in [1.165, 1.54) is 12.1 Å². The molecule has 0 saturated heterocycles. The quantitative estimate of drug-likeness (QED) is 0.128. The first-order chi connectivity index (χ1) is 17.1. The molecule has 1 aliphatic rings. The summed E-state index contributed by atoms with van der Waals surface area (Å²) < 4.78 is 37.7. The fraction of sp³-hybridized carbons (Fsp3) is 0.375. The standard InChI is InChI=1S/C24H27FN6O4/c1-32-21-13-16-12-20-23(19(16)15-22(21)33-2)31(7-9-35-11-10-34-8-6-27-30-26)29-24(20)28-18-5-3-4-17(25)14-18/h3-5,13-15H,6-12H2,1-2H3,(H,28,29). The van der Waals surface area contributed by atoms with Crippen LogP contribution in [0.5, 0.6) is 11.5 Å². The van der Waals surface area contributed by atoms with Gasteiger partial charge in [0.15, 0.2) is 17.3 Å². The molecule has 3 aromatic rings. The van der Waals surface area contributed by atoms with E-state index in [2.05, 4.69) is 15.3 Å². The summed E-state index contributed by atoms with van der Waals surface area (Å²) in [7, 11) is 3.22. The minimum atomic E-state index is -0.320. The van der Waals surface area contributed by atoms with Crippen LogP contribution in [-0.2, 0) is 22.4 Å². The molecule has 1 N–H and O–H groups in total. The number of halogens is 1. The highest BCUT2D eigenvalue weighted by atomic mass is 19.1. The molecule has 2 aromatic carbocycles. The number of anilines is 2. The van der Waals surface area contributed by atoms with E-state index in [-0.39, 0.29) is 5.82 Å². The lowest BCUT2D eigenvalue weighted by Crippen LogP contribution is -2.12. The fourth-order valence-electron chi connectivity index (χ4n) is 4.03. The lowest BCUT2D eigenvalue weighted by Gasteiger charge is -2.12. The average molecular weight is 483 g/mol. The molecule has 0 aliphatic heterocycles. The number of rotatable bonds is 13. The molecule has 1 aromatic heterocycles. The maximum atomic E-state index is 13.7. The Balaban J connectivity index is 1.52. The second-order valence-electron chi connectivity index (χ2n) is 7.75. The Morgan fingerprint density at radius 1 is 1.09 bits per heavy atom. The van der Waals surface area contributed by atoms with Crippen molar-refractivity contribution in [2.45, 2.75) is 13.0 Å². The zero-order valence-electron chi connectivity index (χ0n) is 19.7. The molecule has 11 heteroatoms. The van der Waals surface area contributed by atoms with Gasteiger partial charge < -0.3 is 24.3 Å². The van der Waals surface area contributed by atoms with Crippen molar-refractivity contribution in [3.63, 3.8) is 0 Å². The van der Waals surface area contributed by atoms with Gasteiger partial charge in [0.05, 0.1) is 52.9 Å². The number of nitrogens with zero attached hydrogens (tertiary/aromatic N) is 5. The largest absolute Gasteiger partial charge is 0.493 e. The molecular formula is C24H27FN6O4. The molecule has 1 heterocycles. The number of hydrogen-bond acceptors (Lipinski definition) is 7. The maximum Gasteiger partial charge on any atom is 0.161 e. The van der Waals surface area contributed by atoms with Crippen LogP contribution >= 0.6 is 0 Å². The second-order valence-corrected chi connectivity index (χ2v) is 7.75. The van der Waals surface area contributed by atoms with Crippen LogP contribution < -0.4 is 14.8 Å². The van der Waals surface area contributed by atoms with E-state index >= 15 is 0 Å². The van der Waals surface area contributed by atoms with Gasteiger partial charge in [-0.25, -0.2) is 4.39 Å². The Bertz CT molecular complexity index is 1220. The van der Waals surface area contributed by atoms with E-state index in [1.807, 2.05) is 16.8 Å². The smallest absolute Gasteiger partial charge is 0.161 e. The Labute approximate surface area is 202 Å². The Morgan fingerprint density at radius 2 is 1.86 bits per heavy atom. The zero-order chi connectivity index (χ0) is 24.6. The Kier molecular flexibility index (Phi) is 8.04. The second kappa shape index (κ2) is 11.6. The van der Waals surface area contributed by atoms with Crippen LogP contribution in [0.25, 0.3) is 21.7 Å². The van der Waals surface area contributed by atoms with E-state index in [0.29, 0.717) is 68.9 Å². The molecule has 0 saturated carbocycles. The molecule has 1 aliphatic carbocycles. The summed E-state index contributed by atoms with van der Waals surface area (Å²) in [5, 5.41) is 11.5. The highest BCUT2D eigenvalue weighted by Crippen LogP contribution is 2.45. The van der Waals surface area contributed by atoms with E-state index < -0.39 is 0 Å². The third kappa shape index (κ3) is 5.65. The molecule has 0 amide bonds. The van der Waals surface area contributed by atoms with Crippen LogP contribution in [0.15, 0.2) is 41.5 Å². The van der Waals surface area contributed by atoms with Gasteiger partial charge in [0.1, 0.15) is 5.82 Å². The number of benzene rings is 2. The summed E-state index contributed by atoms with van der Waals surface area (Å²) in [5.41, 5.74) is 13.0. The van der Waals surface area contributed by atoms with E-state index in [0.717, 1.165) is 22.4 Å². The van der Waals surface area contributed by atoms with Crippen molar-refractivity contribution in [3.8, 4) is 22.8 Å². The van der Waals surface area contributed by atoms with Gasteiger partial charge in [0, 0.05) is 34.7 Å². The maximum absolute atomic E-state index is 13.7. The van der Waals surface area contributed by atoms with Gasteiger partial charge in [-0.15, -0.1) is 0 Å². The third-order valence-corrected chi connectivity index (χ3v) is 5.59. The molecule has 0 fully saturated rings. The number of hydrogen-bond donors (Lipinski definition) is 1. The van der Waals surface area contributed by atoms with Gasteiger partial charge in [-0.3, -0.25) is 4.68 Å². The van der Waals surface area contributed by atoms with Gasteiger partial charge in [0.25, 0.3) is 0 Å². The summed E-state index contributed by atoms with van der Waals surface area (Å²) in [5.74, 6) is 1.65. The first-order valence-electron chi connectivity index (χ1n) is 11.2. The van der Waals surface area contributed by atoms with Gasteiger partial charge >= 0.3 is 0 Å². The number of aromatic nitrogens is 2. The number of fused-ring (bicyclic) bond motifs is 3. The molecule has 0 radical (unpaired) electrons. The first-order valence-corrected chi connectivity index (χ1v) is 11.2. The van der Waals surface area contributed by atoms with Gasteiger partial charge in [-0.2, -0.15) is 5.10 Å². The number of methoxy groups -OCH3 is 2. The van der Waals surface area contributed by atoms with Crippen molar-refractivity contribution in [2.75, 3.05) is 52.5 Å². The van der Waals surface area contributed by atoms with Crippen LogP contribution in [0.1, 0.15) is 11.1 Å². The summed E-state index contributed by atoms with van der Waals surface area (Å²) in [6, 6.07) is 10.2. The molecule has 0 unspecified atom stereocenters. The topological polar surface area (TPSA) is 116 Å². The van der Waals surface area contributed by atoms with Crippen molar-refractivity contribution in [2.24, 2.45) is 5.11 Å². The van der Waals surface area contributed by atoms with Crippen LogP contribution in [0.3, 0.4) is 0 Å². The number of nitrogens with one attached hydrogen (secondary N) is 1. The van der Waals surface area contributed by atoms with Crippen molar-refractivity contribution >= 4 is 11.5 Å². The number of azide groups is 1. The summed E-state index contributed by atoms with van der Waals surface area (Å²) in [4.78, 5) is 2.68. The van der Waals surface area contributed by atoms with E-state index in [4.69, 9.17) is 29.6 Å². The van der Waals surface area contributed by atoms with Gasteiger partial charge in [0.2, 0.25) is 0 Å². The predicted octanol–water partition coefficient (Wildman–Crippen LogP) is 4.70. The van der Waals surface area contributed by atoms with Crippen LogP contribution in [0.4, 0.5) is 15.9 Å². The molecule has 0 atom stereocenters. The summed E-state index contributed by atoms with van der Waals surface area (Å²) in [6.45, 7) is 2.41. The first kappa shape index (κ1) is 24.3. The van der Waals surface area contributed by atoms with Gasteiger partial charge in [-0.05, 0) is 41.4 Å². The van der Waals surface area contributed by atoms with Crippen molar-refractivity contribution in [3.05, 3.63) is 63.8 Å². The SMILES string of the molecule is COc1cc2c(cc1OC)-c1c(c(Nc3cccc(F)c3)nn1CCOCCOCCN=[N+]=[N-])C2. The van der Waals surface area contributed by atoms with Crippen molar-refractivity contribution in [1.29, 1.82) is 0 Å². The monoisotopic (exact) mass is 482 g/mol. The molecule has 0 spiro atoms. The van der Waals surface area contributed by atoms with Crippen LogP contribution in [0, 0.1) is 5.82 Å². The van der Waals surface area contributed by atoms with Crippen molar-refractivity contribution in [1.82, 2.24) is 9.78 Å². The summed E-state index contributed by atoms with van der Waals surface area (Å²) >= 11 is 0. The predicted molar refractivity (Wildman–Crippen MR) is 129 cm³/mol. The van der Waals surface area contributed by atoms with Crippen molar-refractivity contribution < 1.29 is 23.3 Å². The minimum absolute atomic E-state index is 0.296. The normalized spacial score (nSPS) is 11.5. The highest BCUT2D eigenvalue weighted by molar-refractivity contribution is 5.82. The Hall–Kier alpha value is -3.79. The Morgan fingerprint density at radius 3 is 2.60 bits per heavy atom. The zero-order valence-corrected chi connectivity index (χ0v) is 19.7. The molecule has 35 heavy (non-hydrogen) atoms. The third-order valence-electron chi connectivity index (χ3n) is 5.59.